The van der Waals surface area contributed by atoms with Crippen LogP contribution in [0.3, 0.4) is 0 Å². The van der Waals surface area contributed by atoms with Crippen LogP contribution in [0.5, 0.6) is 11.5 Å². The number of rotatable bonds is 7. The number of hydrogen-bond acceptors (Lipinski definition) is 2. The zero-order valence-electron chi connectivity index (χ0n) is 15.5. The van der Waals surface area contributed by atoms with Crippen LogP contribution in [0.2, 0.25) is 5.02 Å². The quantitative estimate of drug-likeness (QED) is 0.347. The first-order chi connectivity index (χ1) is 14.3. The molecule has 0 atom stereocenters. The molecule has 0 aromatic heterocycles. The second-order valence-corrected chi connectivity index (χ2v) is 7.74. The van der Waals surface area contributed by atoms with Gasteiger partial charge >= 0.3 is 6.18 Å². The zero-order valence-corrected chi connectivity index (χ0v) is 17.7. The number of benzene rings is 3. The molecule has 2 nitrogen and oxygen atoms in total. The summed E-state index contributed by atoms with van der Waals surface area (Å²) in [6.45, 7) is 0.452. The van der Waals surface area contributed by atoms with Gasteiger partial charge < -0.3 is 9.47 Å². The SMILES string of the molecule is FC(F)(F)c1ccc(CCOc2c(Cl)ccc3c(OCC=C(Cl)Cl)cccc23)cc1. The lowest BCUT2D eigenvalue weighted by atomic mass is 10.1. The minimum atomic E-state index is -4.35. The van der Waals surface area contributed by atoms with Crippen LogP contribution in [0.15, 0.2) is 65.2 Å². The molecule has 0 spiro atoms. The van der Waals surface area contributed by atoms with E-state index < -0.39 is 11.7 Å². The average molecular weight is 476 g/mol. The van der Waals surface area contributed by atoms with Crippen molar-refractivity contribution in [2.24, 2.45) is 0 Å². The number of halogens is 6. The predicted molar refractivity (Wildman–Crippen MR) is 115 cm³/mol. The molecule has 0 bridgehead atoms. The normalized spacial score (nSPS) is 11.4. The molecule has 0 amide bonds. The van der Waals surface area contributed by atoms with Gasteiger partial charge in [0.25, 0.3) is 0 Å². The lowest BCUT2D eigenvalue weighted by Crippen LogP contribution is -2.06. The molecular formula is C22H16Cl3F3O2. The van der Waals surface area contributed by atoms with Crippen LogP contribution in [0, 0.1) is 0 Å². The van der Waals surface area contributed by atoms with E-state index in [-0.39, 0.29) is 17.7 Å². The highest BCUT2D eigenvalue weighted by Gasteiger charge is 2.29. The van der Waals surface area contributed by atoms with E-state index in [4.69, 9.17) is 44.3 Å². The summed E-state index contributed by atoms with van der Waals surface area (Å²) in [5.74, 6) is 1.10. The Morgan fingerprint density at radius 3 is 2.30 bits per heavy atom. The van der Waals surface area contributed by atoms with Gasteiger partial charge in [-0.1, -0.05) is 59.1 Å². The third-order valence-corrected chi connectivity index (χ3v) is 4.93. The molecule has 158 valence electrons. The first kappa shape index (κ1) is 22.6. The number of ether oxygens (including phenoxy) is 2. The minimum Gasteiger partial charge on any atom is -0.491 e. The fourth-order valence-electron chi connectivity index (χ4n) is 2.87. The molecule has 0 aliphatic heterocycles. The number of alkyl halides is 3. The van der Waals surface area contributed by atoms with Crippen molar-refractivity contribution >= 4 is 45.6 Å². The van der Waals surface area contributed by atoms with Gasteiger partial charge in [-0.3, -0.25) is 0 Å². The van der Waals surface area contributed by atoms with Crippen LogP contribution < -0.4 is 9.47 Å². The van der Waals surface area contributed by atoms with Crippen molar-refractivity contribution in [3.05, 3.63) is 81.3 Å². The molecule has 0 unspecified atom stereocenters. The summed E-state index contributed by atoms with van der Waals surface area (Å²) in [4.78, 5) is 0. The monoisotopic (exact) mass is 474 g/mol. The van der Waals surface area contributed by atoms with Gasteiger partial charge in [0.15, 0.2) is 0 Å². The molecule has 0 N–H and O–H groups in total. The summed E-state index contributed by atoms with van der Waals surface area (Å²) in [5.41, 5.74) is 0.0511. The molecule has 3 aromatic rings. The molecule has 0 fully saturated rings. The van der Waals surface area contributed by atoms with Gasteiger partial charge in [-0.25, -0.2) is 0 Å². The van der Waals surface area contributed by atoms with Gasteiger partial charge in [-0.15, -0.1) is 0 Å². The number of hydrogen-bond donors (Lipinski definition) is 0. The van der Waals surface area contributed by atoms with Gasteiger partial charge in [0.1, 0.15) is 22.6 Å². The van der Waals surface area contributed by atoms with E-state index in [0.717, 1.165) is 28.5 Å². The lowest BCUT2D eigenvalue weighted by molar-refractivity contribution is -0.137. The van der Waals surface area contributed by atoms with Gasteiger partial charge in [-0.2, -0.15) is 13.2 Å². The average Bonchev–Trinajstić information content (AvgIpc) is 2.69. The Morgan fingerprint density at radius 1 is 0.900 bits per heavy atom. The summed E-state index contributed by atoms with van der Waals surface area (Å²) in [5, 5.41) is 1.98. The Bertz CT molecular complexity index is 1040. The summed E-state index contributed by atoms with van der Waals surface area (Å²) >= 11 is 17.5. The van der Waals surface area contributed by atoms with E-state index in [0.29, 0.717) is 22.9 Å². The van der Waals surface area contributed by atoms with Crippen molar-refractivity contribution in [1.82, 2.24) is 0 Å². The minimum absolute atomic E-state index is 0.116. The van der Waals surface area contributed by atoms with E-state index >= 15 is 0 Å². The fraction of sp³-hybridized carbons (Fsp3) is 0.182. The Morgan fingerprint density at radius 2 is 1.63 bits per heavy atom. The maximum absolute atomic E-state index is 12.7. The van der Waals surface area contributed by atoms with Crippen LogP contribution in [-0.4, -0.2) is 13.2 Å². The van der Waals surface area contributed by atoms with E-state index in [9.17, 15) is 13.2 Å². The lowest BCUT2D eigenvalue weighted by Gasteiger charge is -2.14. The highest BCUT2D eigenvalue weighted by molar-refractivity contribution is 6.55. The van der Waals surface area contributed by atoms with Crippen molar-refractivity contribution in [3.8, 4) is 11.5 Å². The van der Waals surface area contributed by atoms with Crippen molar-refractivity contribution in [3.63, 3.8) is 0 Å². The zero-order chi connectivity index (χ0) is 21.7. The molecule has 8 heteroatoms. The van der Waals surface area contributed by atoms with E-state index in [1.54, 1.807) is 12.1 Å². The van der Waals surface area contributed by atoms with Gasteiger partial charge in [-0.05, 0) is 42.0 Å². The molecule has 0 saturated heterocycles. The van der Waals surface area contributed by atoms with E-state index in [1.807, 2.05) is 18.2 Å². The standard InChI is InChI=1S/C22H16Cl3F3O2/c23-18-9-8-16-17(2-1-3-19(16)29-13-11-20(24)25)21(18)30-12-10-14-4-6-15(7-5-14)22(26,27)28/h1-9,11H,10,12-13H2. The van der Waals surface area contributed by atoms with E-state index in [1.165, 1.54) is 18.2 Å². The molecule has 0 saturated carbocycles. The highest BCUT2D eigenvalue weighted by atomic mass is 35.5. The van der Waals surface area contributed by atoms with Crippen LogP contribution in [0.1, 0.15) is 11.1 Å². The van der Waals surface area contributed by atoms with Gasteiger partial charge in [0, 0.05) is 17.2 Å². The Labute approximate surface area is 186 Å². The van der Waals surface area contributed by atoms with Crippen LogP contribution >= 0.6 is 34.8 Å². The van der Waals surface area contributed by atoms with Crippen molar-refractivity contribution < 1.29 is 22.6 Å². The first-order valence-electron chi connectivity index (χ1n) is 8.90. The second kappa shape index (κ2) is 9.82. The Kier molecular flexibility index (Phi) is 7.40. The summed E-state index contributed by atoms with van der Waals surface area (Å²) < 4.78 is 49.7. The molecule has 30 heavy (non-hydrogen) atoms. The topological polar surface area (TPSA) is 18.5 Å². The Hall–Kier alpha value is -2.08. The molecule has 0 radical (unpaired) electrons. The van der Waals surface area contributed by atoms with Crippen LogP contribution in [0.4, 0.5) is 13.2 Å². The molecular weight excluding hydrogens is 460 g/mol. The molecule has 0 heterocycles. The summed E-state index contributed by atoms with van der Waals surface area (Å²) in [6, 6.07) is 14.0. The third kappa shape index (κ3) is 5.75. The largest absolute Gasteiger partial charge is 0.491 e. The van der Waals surface area contributed by atoms with Crippen LogP contribution in [0.25, 0.3) is 10.8 Å². The van der Waals surface area contributed by atoms with Crippen molar-refractivity contribution in [1.29, 1.82) is 0 Å². The fourth-order valence-corrected chi connectivity index (χ4v) is 3.22. The molecule has 0 aliphatic rings. The number of fused-ring (bicyclic) bond motifs is 1. The molecule has 3 rings (SSSR count). The smallest absolute Gasteiger partial charge is 0.416 e. The molecule has 0 aliphatic carbocycles. The third-order valence-electron chi connectivity index (χ3n) is 4.32. The first-order valence-corrected chi connectivity index (χ1v) is 10.0. The highest BCUT2D eigenvalue weighted by Crippen LogP contribution is 2.37. The van der Waals surface area contributed by atoms with Crippen molar-refractivity contribution in [2.45, 2.75) is 12.6 Å². The Balaban J connectivity index is 1.74. The van der Waals surface area contributed by atoms with Crippen molar-refractivity contribution in [2.75, 3.05) is 13.2 Å². The second-order valence-electron chi connectivity index (χ2n) is 6.33. The summed E-state index contributed by atoms with van der Waals surface area (Å²) in [6.07, 6.45) is -2.39. The van der Waals surface area contributed by atoms with E-state index in [2.05, 4.69) is 0 Å². The van der Waals surface area contributed by atoms with Gasteiger partial charge in [0.2, 0.25) is 0 Å². The maximum Gasteiger partial charge on any atom is 0.416 e. The van der Waals surface area contributed by atoms with Crippen LogP contribution in [-0.2, 0) is 12.6 Å². The summed E-state index contributed by atoms with van der Waals surface area (Å²) in [7, 11) is 0. The van der Waals surface area contributed by atoms with Gasteiger partial charge in [0.05, 0.1) is 17.2 Å². The predicted octanol–water partition coefficient (Wildman–Crippen LogP) is 7.83. The molecule has 3 aromatic carbocycles. The maximum atomic E-state index is 12.7.